The molecule has 0 unspecified atom stereocenters. The fraction of sp³-hybridized carbons (Fsp3) is 0.0588. The Kier molecular flexibility index (Phi) is 5.82. The van der Waals surface area contributed by atoms with Crippen molar-refractivity contribution in [3.05, 3.63) is 65.2 Å². The summed E-state index contributed by atoms with van der Waals surface area (Å²) in [5.41, 5.74) is 0.483. The van der Waals surface area contributed by atoms with Crippen LogP contribution < -0.4 is 10.6 Å². The van der Waals surface area contributed by atoms with Gasteiger partial charge in [0.25, 0.3) is 0 Å². The second kappa shape index (κ2) is 7.85. The quantitative estimate of drug-likeness (QED) is 0.781. The van der Waals surface area contributed by atoms with Crippen LogP contribution >= 0.6 is 11.6 Å². The zero-order valence-corrected chi connectivity index (χ0v) is 13.4. The Balaban J connectivity index is 2.11. The van der Waals surface area contributed by atoms with Crippen LogP contribution in [0, 0.1) is 0 Å². The number of anilines is 2. The molecule has 2 N–H and O–H groups in total. The Morgan fingerprint density at radius 1 is 0.920 bits per heavy atom. The zero-order chi connectivity index (χ0) is 18.4. The minimum atomic E-state index is -5.03. The van der Waals surface area contributed by atoms with Crippen LogP contribution in [-0.4, -0.2) is 18.0 Å². The van der Waals surface area contributed by atoms with Gasteiger partial charge in [0.1, 0.15) is 0 Å². The maximum absolute atomic E-state index is 12.4. The number of amides is 2. The lowest BCUT2D eigenvalue weighted by Gasteiger charge is -2.12. The molecule has 130 valence electrons. The van der Waals surface area contributed by atoms with E-state index in [2.05, 4.69) is 5.32 Å². The first kappa shape index (κ1) is 18.5. The number of rotatable bonds is 4. The minimum Gasteiger partial charge on any atom is -0.321 e. The second-order valence-corrected chi connectivity index (χ2v) is 5.25. The maximum atomic E-state index is 12.4. The van der Waals surface area contributed by atoms with Crippen molar-refractivity contribution in [3.63, 3.8) is 0 Å². The van der Waals surface area contributed by atoms with E-state index in [4.69, 9.17) is 11.6 Å². The summed E-state index contributed by atoms with van der Waals surface area (Å²) in [4.78, 5) is 23.0. The topological polar surface area (TPSA) is 58.2 Å². The van der Waals surface area contributed by atoms with Gasteiger partial charge < -0.3 is 10.6 Å². The third kappa shape index (κ3) is 5.36. The molecule has 0 aromatic heterocycles. The first-order valence-corrected chi connectivity index (χ1v) is 7.36. The maximum Gasteiger partial charge on any atom is 0.471 e. The predicted molar refractivity (Wildman–Crippen MR) is 90.2 cm³/mol. The number of hydrogen-bond donors (Lipinski definition) is 2. The van der Waals surface area contributed by atoms with Crippen LogP contribution in [0.4, 0.5) is 24.5 Å². The van der Waals surface area contributed by atoms with E-state index >= 15 is 0 Å². The van der Waals surface area contributed by atoms with Crippen molar-refractivity contribution in [3.8, 4) is 0 Å². The molecule has 0 fully saturated rings. The first-order valence-electron chi connectivity index (χ1n) is 6.98. The molecular formula is C17H12ClF3N2O2. The molecule has 2 aromatic rings. The van der Waals surface area contributed by atoms with Gasteiger partial charge in [-0.1, -0.05) is 41.9 Å². The Hall–Kier alpha value is -2.80. The Morgan fingerprint density at radius 2 is 1.48 bits per heavy atom. The molecule has 0 aliphatic rings. The van der Waals surface area contributed by atoms with Crippen molar-refractivity contribution in [1.29, 1.82) is 0 Å². The van der Waals surface area contributed by atoms with Crippen LogP contribution in [0.5, 0.6) is 0 Å². The van der Waals surface area contributed by atoms with Crippen LogP contribution in [0.15, 0.2) is 54.6 Å². The minimum absolute atomic E-state index is 0.0360. The molecule has 0 saturated heterocycles. The zero-order valence-electron chi connectivity index (χ0n) is 12.6. The van der Waals surface area contributed by atoms with E-state index in [0.717, 1.165) is 0 Å². The highest BCUT2D eigenvalue weighted by molar-refractivity contribution is 6.32. The van der Waals surface area contributed by atoms with Crippen molar-refractivity contribution >= 4 is 40.9 Å². The number of nitrogens with one attached hydrogen (secondary N) is 2. The van der Waals surface area contributed by atoms with Gasteiger partial charge in [-0.05, 0) is 29.8 Å². The molecule has 8 heteroatoms. The summed E-state index contributed by atoms with van der Waals surface area (Å²) >= 11 is 5.96. The number of carbonyl (C=O) groups is 2. The molecule has 0 atom stereocenters. The van der Waals surface area contributed by atoms with E-state index < -0.39 is 18.0 Å². The van der Waals surface area contributed by atoms with E-state index in [9.17, 15) is 22.8 Å². The van der Waals surface area contributed by atoms with Crippen LogP contribution in [0.2, 0.25) is 5.02 Å². The Bertz CT molecular complexity index is 820. The monoisotopic (exact) mass is 368 g/mol. The molecule has 0 spiro atoms. The van der Waals surface area contributed by atoms with Gasteiger partial charge in [-0.3, -0.25) is 9.59 Å². The van der Waals surface area contributed by atoms with Crippen LogP contribution in [0.1, 0.15) is 5.56 Å². The van der Waals surface area contributed by atoms with Gasteiger partial charge in [-0.25, -0.2) is 0 Å². The summed E-state index contributed by atoms with van der Waals surface area (Å²) < 4.78 is 37.1. The molecule has 0 radical (unpaired) electrons. The summed E-state index contributed by atoms with van der Waals surface area (Å²) in [6, 6.07) is 12.4. The number of para-hydroxylation sites is 2. The fourth-order valence-corrected chi connectivity index (χ4v) is 2.04. The van der Waals surface area contributed by atoms with E-state index in [1.807, 2.05) is 0 Å². The number of carbonyl (C=O) groups excluding carboxylic acids is 2. The van der Waals surface area contributed by atoms with Crippen LogP contribution in [-0.2, 0) is 9.59 Å². The molecule has 0 aliphatic carbocycles. The van der Waals surface area contributed by atoms with Crippen LogP contribution in [0.25, 0.3) is 6.08 Å². The Labute approximate surface area is 146 Å². The summed E-state index contributed by atoms with van der Waals surface area (Å²) in [5.74, 6) is -2.71. The predicted octanol–water partition coefficient (Wildman–Crippen LogP) is 4.49. The van der Waals surface area contributed by atoms with Crippen molar-refractivity contribution in [1.82, 2.24) is 0 Å². The lowest BCUT2D eigenvalue weighted by atomic mass is 10.2. The van der Waals surface area contributed by atoms with Gasteiger partial charge in [0.05, 0.1) is 11.4 Å². The molecule has 0 heterocycles. The molecule has 0 saturated carbocycles. The number of hydrogen-bond acceptors (Lipinski definition) is 2. The molecule has 4 nitrogen and oxygen atoms in total. The SMILES string of the molecule is O=C(/C=C/c1ccccc1Cl)Nc1ccccc1NC(=O)C(F)(F)F. The molecule has 2 amide bonds. The fourth-order valence-electron chi connectivity index (χ4n) is 1.84. The normalized spacial score (nSPS) is 11.4. The lowest BCUT2D eigenvalue weighted by Crippen LogP contribution is -2.30. The smallest absolute Gasteiger partial charge is 0.321 e. The third-order valence-electron chi connectivity index (χ3n) is 3.01. The van der Waals surface area contributed by atoms with Crippen molar-refractivity contribution in [2.75, 3.05) is 10.6 Å². The molecule has 0 bridgehead atoms. The average molecular weight is 369 g/mol. The highest BCUT2D eigenvalue weighted by Crippen LogP contribution is 2.24. The van der Waals surface area contributed by atoms with Gasteiger partial charge in [-0.2, -0.15) is 13.2 Å². The average Bonchev–Trinajstić information content (AvgIpc) is 2.55. The number of halogens is 4. The highest BCUT2D eigenvalue weighted by Gasteiger charge is 2.38. The van der Waals surface area contributed by atoms with E-state index in [-0.39, 0.29) is 11.4 Å². The molecule has 2 aromatic carbocycles. The van der Waals surface area contributed by atoms with Gasteiger partial charge in [0.15, 0.2) is 0 Å². The van der Waals surface area contributed by atoms with Gasteiger partial charge >= 0.3 is 12.1 Å². The molecule has 0 aliphatic heterocycles. The summed E-state index contributed by atoms with van der Waals surface area (Å²) in [6.07, 6.45) is -2.38. The largest absolute Gasteiger partial charge is 0.471 e. The van der Waals surface area contributed by atoms with Gasteiger partial charge in [0, 0.05) is 11.1 Å². The standard InChI is InChI=1S/C17H12ClF3N2O2/c18-12-6-2-1-5-11(12)9-10-15(24)22-13-7-3-4-8-14(13)23-16(25)17(19,20)21/h1-10H,(H,22,24)(H,23,25)/b10-9+. The molecule has 2 rings (SSSR count). The summed E-state index contributed by atoms with van der Waals surface area (Å²) in [7, 11) is 0. The lowest BCUT2D eigenvalue weighted by molar-refractivity contribution is -0.167. The van der Waals surface area contributed by atoms with Gasteiger partial charge in [-0.15, -0.1) is 0 Å². The van der Waals surface area contributed by atoms with Crippen molar-refractivity contribution < 1.29 is 22.8 Å². The van der Waals surface area contributed by atoms with E-state index in [1.54, 1.807) is 29.6 Å². The van der Waals surface area contributed by atoms with Crippen LogP contribution in [0.3, 0.4) is 0 Å². The number of benzene rings is 2. The van der Waals surface area contributed by atoms with Crippen molar-refractivity contribution in [2.24, 2.45) is 0 Å². The Morgan fingerprint density at radius 3 is 2.08 bits per heavy atom. The second-order valence-electron chi connectivity index (χ2n) is 4.84. The van der Waals surface area contributed by atoms with Gasteiger partial charge in [0.2, 0.25) is 5.91 Å². The molecule has 25 heavy (non-hydrogen) atoms. The summed E-state index contributed by atoms with van der Waals surface area (Å²) in [5, 5.41) is 4.57. The molecular weight excluding hydrogens is 357 g/mol. The highest BCUT2D eigenvalue weighted by atomic mass is 35.5. The van der Waals surface area contributed by atoms with Crippen molar-refractivity contribution in [2.45, 2.75) is 6.18 Å². The van der Waals surface area contributed by atoms with E-state index in [0.29, 0.717) is 10.6 Å². The first-order chi connectivity index (χ1) is 11.8. The van der Waals surface area contributed by atoms with E-state index in [1.165, 1.54) is 36.4 Å². The number of alkyl halides is 3. The third-order valence-corrected chi connectivity index (χ3v) is 3.35. The summed E-state index contributed by atoms with van der Waals surface area (Å²) in [6.45, 7) is 0.